The highest BCUT2D eigenvalue weighted by atomic mass is 79.9. The molecule has 0 saturated heterocycles. The van der Waals surface area contributed by atoms with Gasteiger partial charge in [-0.05, 0) is 58.7 Å². The fraction of sp³-hybridized carbons (Fsp3) is 0.158. The highest BCUT2D eigenvalue weighted by Gasteiger charge is 2.22. The smallest absolute Gasteiger partial charge is 0.192 e. The Labute approximate surface area is 173 Å². The van der Waals surface area contributed by atoms with Crippen LogP contribution in [-0.2, 0) is 6.42 Å². The molecule has 3 aromatic heterocycles. The fourth-order valence-electron chi connectivity index (χ4n) is 2.94. The predicted molar refractivity (Wildman–Crippen MR) is 110 cm³/mol. The van der Waals surface area contributed by atoms with Crippen molar-refractivity contribution in [1.29, 1.82) is 5.26 Å². The van der Waals surface area contributed by atoms with Crippen LogP contribution in [0.15, 0.2) is 41.0 Å². The minimum absolute atomic E-state index is 0.329. The van der Waals surface area contributed by atoms with Crippen molar-refractivity contribution in [1.82, 2.24) is 19.6 Å². The first-order valence-electron chi connectivity index (χ1n) is 8.46. The number of nitriles is 1. The fourth-order valence-corrected chi connectivity index (χ4v) is 4.08. The number of anilines is 2. The van der Waals surface area contributed by atoms with Crippen molar-refractivity contribution in [2.75, 3.05) is 11.9 Å². The van der Waals surface area contributed by atoms with Gasteiger partial charge in [-0.1, -0.05) is 18.3 Å². The van der Waals surface area contributed by atoms with E-state index in [1.165, 1.54) is 23.5 Å². The number of aryl methyl sites for hydroxylation is 1. The van der Waals surface area contributed by atoms with Crippen molar-refractivity contribution in [2.24, 2.45) is 0 Å². The van der Waals surface area contributed by atoms with Crippen LogP contribution in [0, 0.1) is 17.1 Å². The maximum atomic E-state index is 13.3. The first kappa shape index (κ1) is 18.5. The van der Waals surface area contributed by atoms with E-state index >= 15 is 0 Å². The van der Waals surface area contributed by atoms with Gasteiger partial charge in [0.25, 0.3) is 0 Å². The molecule has 0 saturated carbocycles. The largest absolute Gasteiger partial charge is 0.304 e. The summed E-state index contributed by atoms with van der Waals surface area (Å²) in [5.74, 6) is 0.465. The van der Waals surface area contributed by atoms with Gasteiger partial charge in [0, 0.05) is 12.6 Å². The number of benzene rings is 1. The van der Waals surface area contributed by atoms with E-state index in [1.807, 2.05) is 31.0 Å². The van der Waals surface area contributed by atoms with E-state index in [0.717, 1.165) is 23.6 Å². The average molecular weight is 457 g/mol. The second kappa shape index (κ2) is 7.30. The van der Waals surface area contributed by atoms with E-state index in [2.05, 4.69) is 37.1 Å². The van der Waals surface area contributed by atoms with E-state index < -0.39 is 0 Å². The van der Waals surface area contributed by atoms with Crippen molar-refractivity contribution in [2.45, 2.75) is 13.3 Å². The lowest BCUT2D eigenvalue weighted by Crippen LogP contribution is -2.14. The van der Waals surface area contributed by atoms with Gasteiger partial charge in [-0.2, -0.15) is 14.9 Å². The van der Waals surface area contributed by atoms with Crippen molar-refractivity contribution in [3.63, 3.8) is 0 Å². The molecule has 28 heavy (non-hydrogen) atoms. The van der Waals surface area contributed by atoms with Gasteiger partial charge in [0.2, 0.25) is 0 Å². The van der Waals surface area contributed by atoms with Gasteiger partial charge in [0.1, 0.15) is 27.1 Å². The normalized spacial score (nSPS) is 11.0. The predicted octanol–water partition coefficient (Wildman–Crippen LogP) is 4.96. The third-order valence-corrected chi connectivity index (χ3v) is 5.72. The minimum Gasteiger partial charge on any atom is -0.304 e. The molecule has 0 bridgehead atoms. The van der Waals surface area contributed by atoms with Crippen LogP contribution in [-0.4, -0.2) is 26.6 Å². The SMILES string of the molecule is CCc1nc2ccc(Br)nn2c1N(C)c1nc(-c2ccc(F)cc2)c(C#N)s1. The maximum absolute atomic E-state index is 13.3. The molecule has 0 fully saturated rings. The Balaban J connectivity index is 1.84. The van der Waals surface area contributed by atoms with Gasteiger partial charge >= 0.3 is 0 Å². The topological polar surface area (TPSA) is 70.1 Å². The summed E-state index contributed by atoms with van der Waals surface area (Å²) in [4.78, 5) is 11.7. The molecular formula is C19H14BrFN6S. The van der Waals surface area contributed by atoms with Gasteiger partial charge < -0.3 is 4.90 Å². The van der Waals surface area contributed by atoms with Gasteiger partial charge in [-0.3, -0.25) is 0 Å². The zero-order valence-electron chi connectivity index (χ0n) is 15.0. The van der Waals surface area contributed by atoms with Gasteiger partial charge in [-0.25, -0.2) is 14.4 Å². The van der Waals surface area contributed by atoms with Crippen LogP contribution in [0.25, 0.3) is 16.9 Å². The lowest BCUT2D eigenvalue weighted by molar-refractivity contribution is 0.628. The highest BCUT2D eigenvalue weighted by molar-refractivity contribution is 9.10. The van der Waals surface area contributed by atoms with E-state index in [0.29, 0.717) is 25.9 Å². The molecule has 0 spiro atoms. The summed E-state index contributed by atoms with van der Waals surface area (Å²) in [6.45, 7) is 2.03. The summed E-state index contributed by atoms with van der Waals surface area (Å²) >= 11 is 4.68. The molecule has 0 radical (unpaired) electrons. The standard InChI is InChI=1S/C19H14BrFN6S/c1-3-13-18(27-16(23-13)9-8-15(20)25-27)26(2)19-24-17(14(10-22)28-19)11-4-6-12(21)7-5-11/h4-9H,3H2,1-2H3. The zero-order chi connectivity index (χ0) is 19.8. The van der Waals surface area contributed by atoms with E-state index in [1.54, 1.807) is 16.6 Å². The summed E-state index contributed by atoms with van der Waals surface area (Å²) in [5.41, 5.74) is 2.85. The molecule has 6 nitrogen and oxygen atoms in total. The Morgan fingerprint density at radius 2 is 1.96 bits per heavy atom. The molecule has 0 aliphatic rings. The van der Waals surface area contributed by atoms with Crippen LogP contribution >= 0.6 is 27.3 Å². The van der Waals surface area contributed by atoms with E-state index in [4.69, 9.17) is 0 Å². The summed E-state index contributed by atoms with van der Waals surface area (Å²) < 4.78 is 15.7. The molecule has 4 rings (SSSR count). The van der Waals surface area contributed by atoms with Crippen molar-refractivity contribution in [3.05, 3.63) is 57.4 Å². The van der Waals surface area contributed by atoms with E-state index in [-0.39, 0.29) is 5.82 Å². The number of halogens is 2. The summed E-state index contributed by atoms with van der Waals surface area (Å²) in [7, 11) is 1.87. The third kappa shape index (κ3) is 3.15. The second-order valence-corrected chi connectivity index (χ2v) is 7.80. The maximum Gasteiger partial charge on any atom is 0.192 e. The molecule has 4 aromatic rings. The number of aromatic nitrogens is 4. The number of thiazole rings is 1. The Kier molecular flexibility index (Phi) is 4.83. The lowest BCUT2D eigenvalue weighted by atomic mass is 10.1. The van der Waals surface area contributed by atoms with Crippen molar-refractivity contribution < 1.29 is 4.39 Å². The van der Waals surface area contributed by atoms with Gasteiger partial charge in [0.05, 0.1) is 5.69 Å². The van der Waals surface area contributed by atoms with Crippen LogP contribution in [0.3, 0.4) is 0 Å². The number of nitrogens with zero attached hydrogens (tertiary/aromatic N) is 6. The van der Waals surface area contributed by atoms with Crippen LogP contribution < -0.4 is 4.90 Å². The van der Waals surface area contributed by atoms with Crippen molar-refractivity contribution >= 4 is 43.9 Å². The Bertz CT molecular complexity index is 1210. The minimum atomic E-state index is -0.329. The molecular weight excluding hydrogens is 443 g/mol. The molecule has 140 valence electrons. The number of hydrogen-bond donors (Lipinski definition) is 0. The number of imidazole rings is 1. The van der Waals surface area contributed by atoms with Crippen molar-refractivity contribution in [3.8, 4) is 17.3 Å². The third-order valence-electron chi connectivity index (χ3n) is 4.27. The second-order valence-electron chi connectivity index (χ2n) is 6.01. The molecule has 0 atom stereocenters. The molecule has 3 heterocycles. The molecule has 0 unspecified atom stereocenters. The first-order chi connectivity index (χ1) is 13.5. The summed E-state index contributed by atoms with van der Waals surface area (Å²) in [5, 5.41) is 14.7. The molecule has 0 aliphatic carbocycles. The zero-order valence-corrected chi connectivity index (χ0v) is 17.4. The van der Waals surface area contributed by atoms with Gasteiger partial charge in [-0.15, -0.1) is 0 Å². The Morgan fingerprint density at radius 3 is 2.64 bits per heavy atom. The van der Waals surface area contributed by atoms with Gasteiger partial charge in [0.15, 0.2) is 16.6 Å². The molecule has 0 aliphatic heterocycles. The molecule has 0 N–H and O–H groups in total. The number of hydrogen-bond acceptors (Lipinski definition) is 6. The Hall–Kier alpha value is -2.83. The molecule has 0 amide bonds. The summed E-state index contributed by atoms with van der Waals surface area (Å²) in [6, 6.07) is 11.9. The first-order valence-corrected chi connectivity index (χ1v) is 10.1. The average Bonchev–Trinajstić information content (AvgIpc) is 3.29. The van der Waals surface area contributed by atoms with Crippen LogP contribution in [0.1, 0.15) is 17.5 Å². The van der Waals surface area contributed by atoms with Crippen LogP contribution in [0.5, 0.6) is 0 Å². The number of fused-ring (bicyclic) bond motifs is 1. The quantitative estimate of drug-likeness (QED) is 0.434. The summed E-state index contributed by atoms with van der Waals surface area (Å²) in [6.07, 6.45) is 0.724. The molecule has 1 aromatic carbocycles. The lowest BCUT2D eigenvalue weighted by Gasteiger charge is -2.16. The van der Waals surface area contributed by atoms with E-state index in [9.17, 15) is 9.65 Å². The van der Waals surface area contributed by atoms with Crippen LogP contribution in [0.4, 0.5) is 15.3 Å². The molecule has 9 heteroatoms. The van der Waals surface area contributed by atoms with Crippen LogP contribution in [0.2, 0.25) is 0 Å². The number of rotatable bonds is 4. The highest BCUT2D eigenvalue weighted by Crippen LogP contribution is 2.36. The monoisotopic (exact) mass is 456 g/mol. The Morgan fingerprint density at radius 1 is 1.21 bits per heavy atom.